The van der Waals surface area contributed by atoms with E-state index in [1.807, 2.05) is 37.1 Å². The highest BCUT2D eigenvalue weighted by molar-refractivity contribution is 9.10. The van der Waals surface area contributed by atoms with E-state index < -0.39 is 0 Å². The number of rotatable bonds is 3. The molecule has 1 N–H and O–H groups in total. The van der Waals surface area contributed by atoms with E-state index >= 15 is 0 Å². The van der Waals surface area contributed by atoms with Crippen molar-refractivity contribution in [1.82, 2.24) is 10.2 Å². The lowest BCUT2D eigenvalue weighted by molar-refractivity contribution is 0.0775. The molecule has 0 saturated carbocycles. The van der Waals surface area contributed by atoms with Crippen molar-refractivity contribution in [1.29, 1.82) is 0 Å². The molecule has 1 aliphatic rings. The average molecular weight is 348 g/mol. The van der Waals surface area contributed by atoms with Crippen molar-refractivity contribution in [3.8, 4) is 0 Å². The minimum atomic E-state index is 0. The summed E-state index contributed by atoms with van der Waals surface area (Å²) in [7, 11) is 1.89. The van der Waals surface area contributed by atoms with Gasteiger partial charge < -0.3 is 10.2 Å². The average Bonchev–Trinajstić information content (AvgIpc) is 2.81. The molecule has 1 saturated heterocycles. The normalized spacial score (nSPS) is 17.9. The lowest BCUT2D eigenvalue weighted by atomic mass is 10.1. The highest BCUT2D eigenvalue weighted by atomic mass is 79.9. The highest BCUT2D eigenvalue weighted by Crippen LogP contribution is 2.18. The Morgan fingerprint density at radius 1 is 1.53 bits per heavy atom. The van der Waals surface area contributed by atoms with Crippen LogP contribution in [0.1, 0.15) is 22.3 Å². The lowest BCUT2D eigenvalue weighted by Gasteiger charge is -2.21. The molecule has 1 heterocycles. The molecule has 0 bridgehead atoms. The van der Waals surface area contributed by atoms with Crippen LogP contribution in [0.25, 0.3) is 0 Å². The SMILES string of the molecule is Cc1cc(Br)ccc1C(=O)N(C)C[C@@H]1CCNC1.Cl. The monoisotopic (exact) mass is 346 g/mol. The second-order valence-electron chi connectivity index (χ2n) is 5.00. The number of halogens is 2. The molecule has 106 valence electrons. The van der Waals surface area contributed by atoms with Gasteiger partial charge in [0.1, 0.15) is 0 Å². The largest absolute Gasteiger partial charge is 0.341 e. The van der Waals surface area contributed by atoms with Gasteiger partial charge in [-0.1, -0.05) is 15.9 Å². The molecule has 3 nitrogen and oxygen atoms in total. The predicted octanol–water partition coefficient (Wildman–Crippen LogP) is 2.86. The molecule has 0 aromatic heterocycles. The van der Waals surface area contributed by atoms with Crippen LogP contribution >= 0.6 is 28.3 Å². The number of benzene rings is 1. The van der Waals surface area contributed by atoms with Crippen LogP contribution in [0.5, 0.6) is 0 Å². The molecule has 1 aromatic rings. The van der Waals surface area contributed by atoms with Gasteiger partial charge in [0.25, 0.3) is 5.91 Å². The zero-order chi connectivity index (χ0) is 13.1. The number of aryl methyl sites for hydroxylation is 1. The minimum Gasteiger partial charge on any atom is -0.341 e. The van der Waals surface area contributed by atoms with Gasteiger partial charge in [-0.2, -0.15) is 0 Å². The maximum atomic E-state index is 12.4. The first-order chi connectivity index (χ1) is 8.58. The Morgan fingerprint density at radius 2 is 2.26 bits per heavy atom. The van der Waals surface area contributed by atoms with Gasteiger partial charge in [0.15, 0.2) is 0 Å². The van der Waals surface area contributed by atoms with Gasteiger partial charge in [0, 0.05) is 23.6 Å². The number of hydrogen-bond acceptors (Lipinski definition) is 2. The molecular weight excluding hydrogens is 328 g/mol. The summed E-state index contributed by atoms with van der Waals surface area (Å²) in [5.74, 6) is 0.710. The second kappa shape index (κ2) is 7.27. The third-order valence-electron chi connectivity index (χ3n) is 3.46. The predicted molar refractivity (Wildman–Crippen MR) is 84.1 cm³/mol. The fraction of sp³-hybridized carbons (Fsp3) is 0.500. The smallest absolute Gasteiger partial charge is 0.253 e. The molecule has 1 atom stereocenters. The zero-order valence-corrected chi connectivity index (χ0v) is 13.7. The quantitative estimate of drug-likeness (QED) is 0.912. The van der Waals surface area contributed by atoms with Crippen LogP contribution in [0.3, 0.4) is 0 Å². The van der Waals surface area contributed by atoms with E-state index in [9.17, 15) is 4.79 Å². The second-order valence-corrected chi connectivity index (χ2v) is 5.92. The maximum absolute atomic E-state index is 12.4. The fourth-order valence-corrected chi connectivity index (χ4v) is 2.89. The van der Waals surface area contributed by atoms with E-state index in [0.29, 0.717) is 5.92 Å². The van der Waals surface area contributed by atoms with Gasteiger partial charge in [-0.25, -0.2) is 0 Å². The standard InChI is InChI=1S/C14H19BrN2O.ClH/c1-10-7-12(15)3-4-13(10)14(18)17(2)9-11-5-6-16-8-11;/h3-4,7,11,16H,5-6,8-9H2,1-2H3;1H/t11-;/m1./s1. The summed E-state index contributed by atoms with van der Waals surface area (Å²) >= 11 is 3.42. The molecule has 0 spiro atoms. The lowest BCUT2D eigenvalue weighted by Crippen LogP contribution is -2.33. The van der Waals surface area contributed by atoms with Gasteiger partial charge in [0.05, 0.1) is 0 Å². The Morgan fingerprint density at radius 3 is 2.84 bits per heavy atom. The van der Waals surface area contributed by atoms with Crippen LogP contribution in [-0.4, -0.2) is 37.5 Å². The van der Waals surface area contributed by atoms with E-state index in [-0.39, 0.29) is 18.3 Å². The molecule has 2 rings (SSSR count). The molecular formula is C14H20BrClN2O. The first-order valence-corrected chi connectivity index (χ1v) is 7.09. The summed E-state index contributed by atoms with van der Waals surface area (Å²) in [5.41, 5.74) is 1.82. The van der Waals surface area contributed by atoms with Crippen LogP contribution in [0.2, 0.25) is 0 Å². The maximum Gasteiger partial charge on any atom is 0.253 e. The Bertz CT molecular complexity index is 447. The number of nitrogens with zero attached hydrogens (tertiary/aromatic N) is 1. The van der Waals surface area contributed by atoms with E-state index in [4.69, 9.17) is 0 Å². The van der Waals surface area contributed by atoms with Gasteiger partial charge in [0.2, 0.25) is 0 Å². The summed E-state index contributed by atoms with van der Waals surface area (Å²) in [6, 6.07) is 5.80. The van der Waals surface area contributed by atoms with Crippen molar-refractivity contribution < 1.29 is 4.79 Å². The van der Waals surface area contributed by atoms with Crippen molar-refractivity contribution in [3.05, 3.63) is 33.8 Å². The van der Waals surface area contributed by atoms with E-state index in [1.165, 1.54) is 0 Å². The fourth-order valence-electron chi connectivity index (χ4n) is 2.41. The Hall–Kier alpha value is -0.580. The van der Waals surface area contributed by atoms with Crippen LogP contribution in [0, 0.1) is 12.8 Å². The molecule has 5 heteroatoms. The molecule has 0 aliphatic carbocycles. The number of carbonyl (C=O) groups is 1. The van der Waals surface area contributed by atoms with Crippen molar-refractivity contribution in [2.45, 2.75) is 13.3 Å². The summed E-state index contributed by atoms with van der Waals surface area (Å²) < 4.78 is 1.01. The third kappa shape index (κ3) is 4.20. The summed E-state index contributed by atoms with van der Waals surface area (Å²) in [5, 5.41) is 3.33. The van der Waals surface area contributed by atoms with Gasteiger partial charge in [-0.3, -0.25) is 4.79 Å². The topological polar surface area (TPSA) is 32.3 Å². The van der Waals surface area contributed by atoms with Crippen LogP contribution in [-0.2, 0) is 0 Å². The number of hydrogen-bond donors (Lipinski definition) is 1. The molecule has 1 amide bonds. The van der Waals surface area contributed by atoms with Crippen molar-refractivity contribution in [3.63, 3.8) is 0 Å². The van der Waals surface area contributed by atoms with Gasteiger partial charge >= 0.3 is 0 Å². The van der Waals surface area contributed by atoms with Crippen molar-refractivity contribution in [2.24, 2.45) is 5.92 Å². The van der Waals surface area contributed by atoms with Crippen LogP contribution in [0.4, 0.5) is 0 Å². The van der Waals surface area contributed by atoms with E-state index in [0.717, 1.165) is 41.7 Å². The van der Waals surface area contributed by atoms with Crippen molar-refractivity contribution in [2.75, 3.05) is 26.7 Å². The number of nitrogens with one attached hydrogen (secondary N) is 1. The minimum absolute atomic E-state index is 0. The van der Waals surface area contributed by atoms with Gasteiger partial charge in [-0.05, 0) is 56.1 Å². The Labute approximate surface area is 129 Å². The molecule has 19 heavy (non-hydrogen) atoms. The van der Waals surface area contributed by atoms with Gasteiger partial charge in [-0.15, -0.1) is 12.4 Å². The van der Waals surface area contributed by atoms with Crippen LogP contribution in [0.15, 0.2) is 22.7 Å². The number of carbonyl (C=O) groups excluding carboxylic acids is 1. The molecule has 0 radical (unpaired) electrons. The number of amides is 1. The summed E-state index contributed by atoms with van der Waals surface area (Å²) in [4.78, 5) is 14.2. The zero-order valence-electron chi connectivity index (χ0n) is 11.3. The van der Waals surface area contributed by atoms with Crippen molar-refractivity contribution >= 4 is 34.2 Å². The summed E-state index contributed by atoms with van der Waals surface area (Å²) in [6.45, 7) is 4.91. The molecule has 1 aliphatic heterocycles. The van der Waals surface area contributed by atoms with E-state index in [1.54, 1.807) is 0 Å². The summed E-state index contributed by atoms with van der Waals surface area (Å²) in [6.07, 6.45) is 1.16. The highest BCUT2D eigenvalue weighted by Gasteiger charge is 2.20. The third-order valence-corrected chi connectivity index (χ3v) is 3.95. The Balaban J connectivity index is 0.00000180. The molecule has 0 unspecified atom stereocenters. The Kier molecular flexibility index (Phi) is 6.30. The first kappa shape index (κ1) is 16.5. The first-order valence-electron chi connectivity index (χ1n) is 6.30. The molecule has 1 fully saturated rings. The molecule has 1 aromatic carbocycles. The van der Waals surface area contributed by atoms with E-state index in [2.05, 4.69) is 21.2 Å². The van der Waals surface area contributed by atoms with Crippen LogP contribution < -0.4 is 5.32 Å².